The summed E-state index contributed by atoms with van der Waals surface area (Å²) in [6.45, 7) is 15.3. The van der Waals surface area contributed by atoms with Crippen LogP contribution in [0, 0.1) is 0 Å². The summed E-state index contributed by atoms with van der Waals surface area (Å²) < 4.78 is 0. The summed E-state index contributed by atoms with van der Waals surface area (Å²) in [4.78, 5) is 2.47. The molecule has 0 aromatic carbocycles. The van der Waals surface area contributed by atoms with Gasteiger partial charge in [-0.25, -0.2) is 0 Å². The van der Waals surface area contributed by atoms with Gasteiger partial charge in [0.05, 0.1) is 12.1 Å². The maximum atomic E-state index is 9.65. The zero-order valence-electron chi connectivity index (χ0n) is 13.3. The molecule has 0 saturated carbocycles. The maximum absolute atomic E-state index is 9.65. The molecule has 0 bridgehead atoms. The van der Waals surface area contributed by atoms with Gasteiger partial charge < -0.3 is 10.4 Å². The molecule has 0 radical (unpaired) electrons. The Hall–Kier alpha value is -0.120. The Bertz CT molecular complexity index is 207. The first-order valence-electron chi connectivity index (χ1n) is 7.47. The molecule has 0 amide bonds. The van der Waals surface area contributed by atoms with Crippen LogP contribution in [0.25, 0.3) is 0 Å². The van der Waals surface area contributed by atoms with Crippen molar-refractivity contribution in [3.8, 4) is 0 Å². The fourth-order valence-electron chi connectivity index (χ4n) is 2.37. The van der Waals surface area contributed by atoms with Crippen LogP contribution >= 0.6 is 0 Å². The highest BCUT2D eigenvalue weighted by Gasteiger charge is 2.27. The molecule has 2 N–H and O–H groups in total. The van der Waals surface area contributed by atoms with Crippen LogP contribution in [0.3, 0.4) is 0 Å². The minimum atomic E-state index is -0.204. The zero-order chi connectivity index (χ0) is 14.2. The second kappa shape index (κ2) is 8.89. The first-order chi connectivity index (χ1) is 8.34. The number of nitrogens with zero attached hydrogens (tertiary/aromatic N) is 1. The van der Waals surface area contributed by atoms with Gasteiger partial charge in [-0.1, -0.05) is 33.6 Å². The van der Waals surface area contributed by atoms with Crippen molar-refractivity contribution < 1.29 is 5.11 Å². The first-order valence-corrected chi connectivity index (χ1v) is 7.47. The normalized spacial score (nSPS) is 15.7. The minimum Gasteiger partial charge on any atom is -0.394 e. The lowest BCUT2D eigenvalue weighted by Gasteiger charge is -2.38. The maximum Gasteiger partial charge on any atom is 0.0623 e. The van der Waals surface area contributed by atoms with Crippen molar-refractivity contribution in [2.24, 2.45) is 0 Å². The Morgan fingerprint density at radius 1 is 1.17 bits per heavy atom. The summed E-state index contributed by atoms with van der Waals surface area (Å²) in [5, 5.41) is 13.1. The lowest BCUT2D eigenvalue weighted by Crippen LogP contribution is -2.57. The lowest BCUT2D eigenvalue weighted by molar-refractivity contribution is 0.0959. The van der Waals surface area contributed by atoms with Crippen LogP contribution in [-0.2, 0) is 0 Å². The summed E-state index contributed by atoms with van der Waals surface area (Å²) in [5.74, 6) is 0. The van der Waals surface area contributed by atoms with Crippen molar-refractivity contribution in [3.63, 3.8) is 0 Å². The van der Waals surface area contributed by atoms with Gasteiger partial charge in [0.2, 0.25) is 0 Å². The molecular formula is C15H34N2O. The molecule has 1 atom stereocenters. The van der Waals surface area contributed by atoms with E-state index in [-0.39, 0.29) is 12.1 Å². The van der Waals surface area contributed by atoms with Crippen LogP contribution in [0.5, 0.6) is 0 Å². The van der Waals surface area contributed by atoms with E-state index >= 15 is 0 Å². The smallest absolute Gasteiger partial charge is 0.0623 e. The van der Waals surface area contributed by atoms with Crippen molar-refractivity contribution in [1.29, 1.82) is 0 Å². The number of unbranched alkanes of at least 4 members (excludes halogenated alkanes) is 2. The van der Waals surface area contributed by atoms with E-state index in [1.807, 2.05) is 0 Å². The Balaban J connectivity index is 4.42. The van der Waals surface area contributed by atoms with Crippen LogP contribution in [0.4, 0.5) is 0 Å². The molecule has 0 heterocycles. The van der Waals surface area contributed by atoms with E-state index in [2.05, 4.69) is 51.8 Å². The van der Waals surface area contributed by atoms with E-state index < -0.39 is 0 Å². The summed E-state index contributed by atoms with van der Waals surface area (Å²) in [6.07, 6.45) is 3.79. The summed E-state index contributed by atoms with van der Waals surface area (Å²) in [6, 6.07) is 0.925. The largest absolute Gasteiger partial charge is 0.394 e. The standard InChI is InChI=1S/C15H34N2O/c1-7-8-9-10-17(14(4)5)11-15(6,12-18)16-13(2)3/h13-14,16,18H,7-12H2,1-6H3. The second-order valence-electron chi connectivity index (χ2n) is 6.29. The Morgan fingerprint density at radius 2 is 1.78 bits per heavy atom. The monoisotopic (exact) mass is 258 g/mol. The van der Waals surface area contributed by atoms with Crippen LogP contribution in [0.1, 0.15) is 60.8 Å². The molecule has 0 fully saturated rings. The first kappa shape index (κ1) is 17.9. The highest BCUT2D eigenvalue weighted by Crippen LogP contribution is 2.12. The van der Waals surface area contributed by atoms with Gasteiger partial charge in [-0.15, -0.1) is 0 Å². The highest BCUT2D eigenvalue weighted by molar-refractivity contribution is 4.88. The number of aliphatic hydroxyl groups excluding tert-OH is 1. The van der Waals surface area contributed by atoms with Crippen LogP contribution < -0.4 is 5.32 Å². The summed E-state index contributed by atoms with van der Waals surface area (Å²) in [5.41, 5.74) is -0.204. The number of hydrogen-bond acceptors (Lipinski definition) is 3. The zero-order valence-corrected chi connectivity index (χ0v) is 13.3. The molecule has 0 spiro atoms. The predicted molar refractivity (Wildman–Crippen MR) is 80.0 cm³/mol. The third-order valence-corrected chi connectivity index (χ3v) is 3.32. The Labute approximate surface area is 114 Å². The van der Waals surface area contributed by atoms with Gasteiger partial charge in [-0.3, -0.25) is 4.90 Å². The van der Waals surface area contributed by atoms with E-state index in [0.29, 0.717) is 12.1 Å². The van der Waals surface area contributed by atoms with Gasteiger partial charge in [0, 0.05) is 18.6 Å². The minimum absolute atomic E-state index is 0.183. The van der Waals surface area contributed by atoms with Gasteiger partial charge in [0.25, 0.3) is 0 Å². The third kappa shape index (κ3) is 7.34. The molecule has 0 aliphatic carbocycles. The quantitative estimate of drug-likeness (QED) is 0.591. The van der Waals surface area contributed by atoms with Crippen LogP contribution in [-0.4, -0.2) is 47.3 Å². The number of aliphatic hydroxyl groups is 1. The van der Waals surface area contributed by atoms with Crippen molar-refractivity contribution in [2.45, 2.75) is 78.4 Å². The van der Waals surface area contributed by atoms with Crippen molar-refractivity contribution >= 4 is 0 Å². The molecule has 0 saturated heterocycles. The average molecular weight is 258 g/mol. The average Bonchev–Trinajstić information content (AvgIpc) is 2.27. The fourth-order valence-corrected chi connectivity index (χ4v) is 2.37. The second-order valence-corrected chi connectivity index (χ2v) is 6.29. The topological polar surface area (TPSA) is 35.5 Å². The van der Waals surface area contributed by atoms with E-state index in [0.717, 1.165) is 13.1 Å². The summed E-state index contributed by atoms with van der Waals surface area (Å²) >= 11 is 0. The summed E-state index contributed by atoms with van der Waals surface area (Å²) in [7, 11) is 0. The van der Waals surface area contributed by atoms with E-state index in [1.54, 1.807) is 0 Å². The molecule has 110 valence electrons. The van der Waals surface area contributed by atoms with E-state index in [9.17, 15) is 5.11 Å². The van der Waals surface area contributed by atoms with Crippen molar-refractivity contribution in [3.05, 3.63) is 0 Å². The molecule has 1 unspecified atom stereocenters. The van der Waals surface area contributed by atoms with Gasteiger partial charge in [0.15, 0.2) is 0 Å². The Morgan fingerprint density at radius 3 is 2.17 bits per heavy atom. The molecule has 3 heteroatoms. The van der Waals surface area contributed by atoms with Crippen molar-refractivity contribution in [2.75, 3.05) is 19.7 Å². The molecule has 3 nitrogen and oxygen atoms in total. The molecular weight excluding hydrogens is 224 g/mol. The third-order valence-electron chi connectivity index (χ3n) is 3.32. The number of rotatable bonds is 10. The molecule has 0 aromatic rings. The van der Waals surface area contributed by atoms with E-state index in [1.165, 1.54) is 19.3 Å². The van der Waals surface area contributed by atoms with Crippen molar-refractivity contribution in [1.82, 2.24) is 10.2 Å². The molecule has 0 rings (SSSR count). The van der Waals surface area contributed by atoms with Gasteiger partial charge in [-0.05, 0) is 33.7 Å². The van der Waals surface area contributed by atoms with Crippen LogP contribution in [0.2, 0.25) is 0 Å². The lowest BCUT2D eigenvalue weighted by atomic mass is 10.0. The van der Waals surface area contributed by atoms with Gasteiger partial charge >= 0.3 is 0 Å². The van der Waals surface area contributed by atoms with E-state index in [4.69, 9.17) is 0 Å². The predicted octanol–water partition coefficient (Wildman–Crippen LogP) is 2.64. The molecule has 0 aliphatic rings. The van der Waals surface area contributed by atoms with Gasteiger partial charge in [-0.2, -0.15) is 0 Å². The fraction of sp³-hybridized carbons (Fsp3) is 1.00. The molecule has 0 aromatic heterocycles. The number of hydrogen-bond donors (Lipinski definition) is 2. The van der Waals surface area contributed by atoms with Crippen LogP contribution in [0.15, 0.2) is 0 Å². The SMILES string of the molecule is CCCCCN(CC(C)(CO)NC(C)C)C(C)C. The number of nitrogens with one attached hydrogen (secondary N) is 1. The molecule has 18 heavy (non-hydrogen) atoms. The molecule has 0 aliphatic heterocycles. The highest BCUT2D eigenvalue weighted by atomic mass is 16.3. The Kier molecular flexibility index (Phi) is 8.83. The van der Waals surface area contributed by atoms with Gasteiger partial charge in [0.1, 0.15) is 0 Å².